The van der Waals surface area contributed by atoms with Crippen LogP contribution in [-0.4, -0.2) is 33.9 Å². The van der Waals surface area contributed by atoms with Gasteiger partial charge in [0.1, 0.15) is 0 Å². The number of rotatable bonds is 7. The number of thioether (sulfide) groups is 1. The number of aromatic nitrogens is 3. The highest BCUT2D eigenvalue weighted by Crippen LogP contribution is 2.37. The summed E-state index contributed by atoms with van der Waals surface area (Å²) < 4.78 is 32.2. The molecule has 8 heteroatoms. The van der Waals surface area contributed by atoms with Crippen molar-refractivity contribution >= 4 is 11.8 Å². The lowest BCUT2D eigenvalue weighted by Gasteiger charge is -2.11. The largest absolute Gasteiger partial charge is 0.490 e. The summed E-state index contributed by atoms with van der Waals surface area (Å²) in [5, 5.41) is 9.55. The van der Waals surface area contributed by atoms with Crippen molar-refractivity contribution in [2.24, 2.45) is 0 Å². The van der Waals surface area contributed by atoms with Crippen molar-refractivity contribution in [3.05, 3.63) is 78.6 Å². The number of benzene rings is 3. The van der Waals surface area contributed by atoms with Crippen molar-refractivity contribution in [3.63, 3.8) is 0 Å². The van der Waals surface area contributed by atoms with Gasteiger partial charge in [-0.2, -0.15) is 0 Å². The molecule has 156 valence electrons. The third kappa shape index (κ3) is 4.06. The molecular formula is C23H18FN3O3S. The van der Waals surface area contributed by atoms with Crippen molar-refractivity contribution in [2.45, 2.75) is 5.16 Å². The van der Waals surface area contributed by atoms with Gasteiger partial charge in [0, 0.05) is 17.0 Å². The van der Waals surface area contributed by atoms with Gasteiger partial charge in [-0.15, -0.1) is 10.2 Å². The van der Waals surface area contributed by atoms with Crippen LogP contribution in [0.5, 0.6) is 17.2 Å². The van der Waals surface area contributed by atoms with E-state index in [1.807, 2.05) is 53.1 Å². The summed E-state index contributed by atoms with van der Waals surface area (Å²) in [6.45, 7) is 0.555. The predicted molar refractivity (Wildman–Crippen MR) is 116 cm³/mol. The summed E-state index contributed by atoms with van der Waals surface area (Å²) in [7, 11) is 0. The molecule has 1 aliphatic rings. The van der Waals surface area contributed by atoms with Gasteiger partial charge in [0.15, 0.2) is 34.0 Å². The van der Waals surface area contributed by atoms with Gasteiger partial charge in [-0.05, 0) is 42.5 Å². The fraction of sp³-hybridized carbons (Fsp3) is 0.130. The molecule has 0 unspecified atom stereocenters. The first kappa shape index (κ1) is 19.4. The maximum Gasteiger partial charge on any atom is 0.231 e. The number of halogens is 1. The lowest BCUT2D eigenvalue weighted by Crippen LogP contribution is -2.04. The van der Waals surface area contributed by atoms with Gasteiger partial charge in [-0.3, -0.25) is 4.57 Å². The molecule has 0 saturated carbocycles. The maximum atomic E-state index is 13.7. The molecule has 0 radical (unpaired) electrons. The highest BCUT2D eigenvalue weighted by atomic mass is 32.2. The average Bonchev–Trinajstić information content (AvgIpc) is 3.45. The van der Waals surface area contributed by atoms with Crippen LogP contribution in [0.2, 0.25) is 0 Å². The SMILES string of the molecule is Fc1ccccc1OCCSc1nnc(-c2ccc3c(c2)OCO3)n1-c1ccccc1. The molecule has 0 bridgehead atoms. The summed E-state index contributed by atoms with van der Waals surface area (Å²) >= 11 is 1.49. The van der Waals surface area contributed by atoms with E-state index in [-0.39, 0.29) is 18.4 Å². The van der Waals surface area contributed by atoms with E-state index in [1.54, 1.807) is 18.2 Å². The molecule has 1 aliphatic heterocycles. The number of fused-ring (bicyclic) bond motifs is 1. The molecule has 3 aromatic carbocycles. The molecular weight excluding hydrogens is 417 g/mol. The van der Waals surface area contributed by atoms with Gasteiger partial charge < -0.3 is 14.2 Å². The fourth-order valence-electron chi connectivity index (χ4n) is 3.24. The Balaban J connectivity index is 1.39. The highest BCUT2D eigenvalue weighted by Gasteiger charge is 2.20. The molecule has 0 aliphatic carbocycles. The molecule has 31 heavy (non-hydrogen) atoms. The molecule has 4 aromatic rings. The molecule has 2 heterocycles. The predicted octanol–water partition coefficient (Wildman–Crippen LogP) is 4.97. The van der Waals surface area contributed by atoms with Crippen molar-refractivity contribution in [1.29, 1.82) is 0 Å². The lowest BCUT2D eigenvalue weighted by atomic mass is 10.2. The smallest absolute Gasteiger partial charge is 0.231 e. The summed E-state index contributed by atoms with van der Waals surface area (Å²) in [4.78, 5) is 0. The normalized spacial score (nSPS) is 12.2. The Morgan fingerprint density at radius 1 is 0.935 bits per heavy atom. The van der Waals surface area contributed by atoms with Crippen molar-refractivity contribution in [2.75, 3.05) is 19.2 Å². The van der Waals surface area contributed by atoms with E-state index >= 15 is 0 Å². The molecule has 0 N–H and O–H groups in total. The zero-order valence-electron chi connectivity index (χ0n) is 16.4. The van der Waals surface area contributed by atoms with Crippen LogP contribution >= 0.6 is 11.8 Å². The van der Waals surface area contributed by atoms with Gasteiger partial charge in [0.2, 0.25) is 6.79 Å². The van der Waals surface area contributed by atoms with Crippen molar-refractivity contribution < 1.29 is 18.6 Å². The van der Waals surface area contributed by atoms with Gasteiger partial charge in [0.05, 0.1) is 6.61 Å². The second kappa shape index (κ2) is 8.69. The zero-order valence-corrected chi connectivity index (χ0v) is 17.2. The van der Waals surface area contributed by atoms with Crippen LogP contribution in [-0.2, 0) is 0 Å². The Labute approximate surface area is 182 Å². The zero-order chi connectivity index (χ0) is 21.0. The Bertz CT molecular complexity index is 1200. The summed E-state index contributed by atoms with van der Waals surface area (Å²) in [5.74, 6) is 2.56. The van der Waals surface area contributed by atoms with Crippen LogP contribution in [0.3, 0.4) is 0 Å². The monoisotopic (exact) mass is 435 g/mol. The van der Waals surface area contributed by atoms with Crippen LogP contribution < -0.4 is 14.2 Å². The standard InChI is InChI=1S/C23H18FN3O3S/c24-18-8-4-5-9-19(18)28-12-13-31-23-26-25-22(27(23)17-6-2-1-3-7-17)16-10-11-20-21(14-16)30-15-29-20/h1-11,14H,12-13,15H2. The van der Waals surface area contributed by atoms with E-state index < -0.39 is 0 Å². The first-order chi connectivity index (χ1) is 15.3. The molecule has 6 nitrogen and oxygen atoms in total. The number of hydrogen-bond donors (Lipinski definition) is 0. The molecule has 0 atom stereocenters. The van der Waals surface area contributed by atoms with Crippen LogP contribution in [0, 0.1) is 5.82 Å². The number of hydrogen-bond acceptors (Lipinski definition) is 6. The third-order valence-corrected chi connectivity index (χ3v) is 5.58. The van der Waals surface area contributed by atoms with Crippen LogP contribution in [0.15, 0.2) is 78.0 Å². The lowest BCUT2D eigenvalue weighted by molar-refractivity contribution is 0.174. The van der Waals surface area contributed by atoms with Gasteiger partial charge in [0.25, 0.3) is 0 Å². The minimum Gasteiger partial charge on any atom is -0.490 e. The number of nitrogens with zero attached hydrogens (tertiary/aromatic N) is 3. The number of ether oxygens (including phenoxy) is 3. The third-order valence-electron chi connectivity index (χ3n) is 4.69. The van der Waals surface area contributed by atoms with Gasteiger partial charge in [-0.1, -0.05) is 42.1 Å². The summed E-state index contributed by atoms with van der Waals surface area (Å²) in [5.41, 5.74) is 1.81. The van der Waals surface area contributed by atoms with E-state index in [4.69, 9.17) is 14.2 Å². The summed E-state index contributed by atoms with van der Waals surface area (Å²) in [6.07, 6.45) is 0. The van der Waals surface area contributed by atoms with E-state index in [1.165, 1.54) is 17.8 Å². The van der Waals surface area contributed by atoms with E-state index in [9.17, 15) is 4.39 Å². The Morgan fingerprint density at radius 2 is 1.74 bits per heavy atom. The Kier molecular flexibility index (Phi) is 5.45. The molecule has 1 aromatic heterocycles. The Morgan fingerprint density at radius 3 is 2.61 bits per heavy atom. The van der Waals surface area contributed by atoms with Crippen LogP contribution in [0.25, 0.3) is 17.1 Å². The van der Waals surface area contributed by atoms with Gasteiger partial charge in [-0.25, -0.2) is 4.39 Å². The van der Waals surface area contributed by atoms with Crippen molar-refractivity contribution in [3.8, 4) is 34.3 Å². The molecule has 0 fully saturated rings. The van der Waals surface area contributed by atoms with Gasteiger partial charge >= 0.3 is 0 Å². The average molecular weight is 435 g/mol. The minimum absolute atomic E-state index is 0.216. The Hall–Kier alpha value is -3.52. The van der Waals surface area contributed by atoms with Crippen molar-refractivity contribution in [1.82, 2.24) is 14.8 Å². The van der Waals surface area contributed by atoms with E-state index in [0.29, 0.717) is 23.9 Å². The second-order valence-electron chi connectivity index (χ2n) is 6.67. The molecule has 0 saturated heterocycles. The number of para-hydroxylation sites is 2. The molecule has 5 rings (SSSR count). The van der Waals surface area contributed by atoms with Crippen LogP contribution in [0.4, 0.5) is 4.39 Å². The first-order valence-electron chi connectivity index (χ1n) is 9.70. The van der Waals surface area contributed by atoms with E-state index in [0.717, 1.165) is 22.2 Å². The highest BCUT2D eigenvalue weighted by molar-refractivity contribution is 7.99. The van der Waals surface area contributed by atoms with E-state index in [2.05, 4.69) is 10.2 Å². The minimum atomic E-state index is -0.370. The van der Waals surface area contributed by atoms with Crippen LogP contribution in [0.1, 0.15) is 0 Å². The molecule has 0 spiro atoms. The molecule has 0 amide bonds. The fourth-order valence-corrected chi connectivity index (χ4v) is 4.01. The quantitative estimate of drug-likeness (QED) is 0.302. The summed E-state index contributed by atoms with van der Waals surface area (Å²) in [6, 6.07) is 22.0. The second-order valence-corrected chi connectivity index (χ2v) is 7.73. The topological polar surface area (TPSA) is 58.4 Å². The maximum absolute atomic E-state index is 13.7. The first-order valence-corrected chi connectivity index (χ1v) is 10.7.